The molecule has 0 aromatic rings. The fraction of sp³-hybridized carbons (Fsp3) is 0.900. The molecule has 0 spiro atoms. The van der Waals surface area contributed by atoms with E-state index >= 15 is 0 Å². The van der Waals surface area contributed by atoms with E-state index in [0.717, 1.165) is 93.5 Å². The molecule has 0 bridgehead atoms. The standard InChI is InChI=1S/C40H72N4O3/c1-29(2)11-8-12-30(3)34-15-16-35-33-14-13-31-27-32(17-19-39(31,4)36(33)18-20-40(34,35)5)47-38(46)28-37(45)44(26-10-22-42)25-7-6-23-43-24-9-21-41/h13,29-30,32-36,43H,6-12,14-28,41-42H2,1-5H3/t30?,32-,33-,34+,35-,36-,39-,40+/m0/s1. The summed E-state index contributed by atoms with van der Waals surface area (Å²) in [5, 5.41) is 3.39. The van der Waals surface area contributed by atoms with E-state index in [-0.39, 0.29) is 29.8 Å². The van der Waals surface area contributed by atoms with Crippen molar-refractivity contribution in [3.63, 3.8) is 0 Å². The summed E-state index contributed by atoms with van der Waals surface area (Å²) in [6.45, 7) is 16.8. The van der Waals surface area contributed by atoms with E-state index in [1.807, 2.05) is 4.90 Å². The number of carbonyl (C=O) groups excluding carboxylic acids is 2. The van der Waals surface area contributed by atoms with Crippen LogP contribution in [0, 0.1) is 46.3 Å². The first-order valence-electron chi connectivity index (χ1n) is 19.8. The van der Waals surface area contributed by atoms with Crippen molar-refractivity contribution < 1.29 is 14.3 Å². The highest BCUT2D eigenvalue weighted by atomic mass is 16.5. The van der Waals surface area contributed by atoms with Crippen LogP contribution in [0.2, 0.25) is 0 Å². The van der Waals surface area contributed by atoms with Crippen molar-refractivity contribution in [3.05, 3.63) is 11.6 Å². The van der Waals surface area contributed by atoms with E-state index in [9.17, 15) is 9.59 Å². The third-order valence-corrected chi connectivity index (χ3v) is 13.4. The van der Waals surface area contributed by atoms with Crippen molar-refractivity contribution in [1.82, 2.24) is 10.2 Å². The number of hydrogen-bond donors (Lipinski definition) is 3. The summed E-state index contributed by atoms with van der Waals surface area (Å²) in [5.74, 6) is 4.43. The molecule has 3 saturated carbocycles. The number of hydrogen-bond acceptors (Lipinski definition) is 6. The average Bonchev–Trinajstić information content (AvgIpc) is 3.39. The highest BCUT2D eigenvalue weighted by Crippen LogP contribution is 2.67. The topological polar surface area (TPSA) is 111 Å². The van der Waals surface area contributed by atoms with Crippen LogP contribution >= 0.6 is 0 Å². The highest BCUT2D eigenvalue weighted by molar-refractivity contribution is 5.94. The molecule has 7 heteroatoms. The van der Waals surface area contributed by atoms with Gasteiger partial charge in [0.1, 0.15) is 12.5 Å². The summed E-state index contributed by atoms with van der Waals surface area (Å²) in [4.78, 5) is 28.0. The molecule has 4 aliphatic carbocycles. The number of nitrogens with two attached hydrogens (primary N) is 2. The molecule has 7 nitrogen and oxygen atoms in total. The van der Waals surface area contributed by atoms with Gasteiger partial charge < -0.3 is 26.4 Å². The Kier molecular flexibility index (Phi) is 14.7. The zero-order chi connectivity index (χ0) is 34.0. The Labute approximate surface area is 288 Å². The number of nitrogens with zero attached hydrogens (tertiary/aromatic N) is 1. The third-order valence-electron chi connectivity index (χ3n) is 13.4. The normalized spacial score (nSPS) is 32.3. The molecule has 4 rings (SSSR count). The Balaban J connectivity index is 1.28. The molecule has 0 aliphatic heterocycles. The lowest BCUT2D eigenvalue weighted by atomic mass is 9.47. The Morgan fingerprint density at radius 2 is 1.66 bits per heavy atom. The number of fused-ring (bicyclic) bond motifs is 5. The molecule has 5 N–H and O–H groups in total. The minimum absolute atomic E-state index is 0.111. The Hall–Kier alpha value is -1.44. The number of allylic oxidation sites excluding steroid dienone is 1. The number of esters is 1. The number of rotatable bonds is 19. The van der Waals surface area contributed by atoms with Gasteiger partial charge >= 0.3 is 5.97 Å². The van der Waals surface area contributed by atoms with E-state index < -0.39 is 0 Å². The number of amides is 1. The van der Waals surface area contributed by atoms with Crippen LogP contribution < -0.4 is 16.8 Å². The maximum atomic E-state index is 13.1. The van der Waals surface area contributed by atoms with Gasteiger partial charge in [-0.25, -0.2) is 0 Å². The second-order valence-corrected chi connectivity index (χ2v) is 16.9. The fourth-order valence-electron chi connectivity index (χ4n) is 10.8. The maximum absolute atomic E-state index is 13.1. The predicted molar refractivity (Wildman–Crippen MR) is 194 cm³/mol. The van der Waals surface area contributed by atoms with Gasteiger partial charge in [0.05, 0.1) is 0 Å². The minimum atomic E-state index is -0.368. The molecule has 47 heavy (non-hydrogen) atoms. The van der Waals surface area contributed by atoms with Gasteiger partial charge in [0.25, 0.3) is 0 Å². The van der Waals surface area contributed by atoms with E-state index in [1.54, 1.807) is 0 Å². The van der Waals surface area contributed by atoms with E-state index in [1.165, 1.54) is 56.9 Å². The zero-order valence-electron chi connectivity index (χ0n) is 31.0. The quantitative estimate of drug-likeness (QED) is 0.0586. The molecule has 0 aromatic carbocycles. The minimum Gasteiger partial charge on any atom is -0.462 e. The molecule has 8 atom stereocenters. The molecule has 0 saturated heterocycles. The highest BCUT2D eigenvalue weighted by Gasteiger charge is 2.59. The molecule has 0 heterocycles. The first kappa shape index (κ1) is 38.4. The third kappa shape index (κ3) is 9.63. The first-order chi connectivity index (χ1) is 22.5. The summed E-state index contributed by atoms with van der Waals surface area (Å²) in [6, 6.07) is 0. The molecule has 0 radical (unpaired) electrons. The number of nitrogens with one attached hydrogen (secondary N) is 1. The lowest BCUT2D eigenvalue weighted by Gasteiger charge is -2.58. The summed E-state index contributed by atoms with van der Waals surface area (Å²) in [5.41, 5.74) is 13.6. The van der Waals surface area contributed by atoms with E-state index in [0.29, 0.717) is 31.6 Å². The van der Waals surface area contributed by atoms with Gasteiger partial charge in [0.2, 0.25) is 5.91 Å². The predicted octanol–water partition coefficient (Wildman–Crippen LogP) is 7.23. The van der Waals surface area contributed by atoms with Crippen molar-refractivity contribution in [2.75, 3.05) is 39.3 Å². The van der Waals surface area contributed by atoms with Crippen molar-refractivity contribution in [3.8, 4) is 0 Å². The molecule has 4 aliphatic rings. The van der Waals surface area contributed by atoms with Gasteiger partial charge in [-0.3, -0.25) is 9.59 Å². The van der Waals surface area contributed by atoms with Crippen LogP contribution in [0.25, 0.3) is 0 Å². The maximum Gasteiger partial charge on any atom is 0.315 e. The number of ether oxygens (including phenoxy) is 1. The Morgan fingerprint density at radius 3 is 2.40 bits per heavy atom. The lowest BCUT2D eigenvalue weighted by Crippen LogP contribution is -2.51. The van der Waals surface area contributed by atoms with Crippen LogP contribution in [0.3, 0.4) is 0 Å². The van der Waals surface area contributed by atoms with Crippen LogP contribution in [0.5, 0.6) is 0 Å². The Bertz CT molecular complexity index is 1030. The van der Waals surface area contributed by atoms with Crippen LogP contribution in [0.4, 0.5) is 0 Å². The van der Waals surface area contributed by atoms with Gasteiger partial charge in [-0.1, -0.05) is 65.5 Å². The van der Waals surface area contributed by atoms with Crippen molar-refractivity contribution >= 4 is 11.9 Å². The Morgan fingerprint density at radius 1 is 0.915 bits per heavy atom. The second kappa shape index (κ2) is 18.0. The largest absolute Gasteiger partial charge is 0.462 e. The van der Waals surface area contributed by atoms with Crippen LogP contribution in [0.15, 0.2) is 11.6 Å². The number of carbonyl (C=O) groups is 2. The summed E-state index contributed by atoms with van der Waals surface area (Å²) >= 11 is 0. The van der Waals surface area contributed by atoms with Gasteiger partial charge in [-0.05, 0) is 143 Å². The van der Waals surface area contributed by atoms with E-state index in [2.05, 4.69) is 46.0 Å². The van der Waals surface area contributed by atoms with Crippen LogP contribution in [0.1, 0.15) is 137 Å². The first-order valence-corrected chi connectivity index (χ1v) is 19.8. The van der Waals surface area contributed by atoms with Crippen LogP contribution in [-0.4, -0.2) is 62.1 Å². The SMILES string of the molecule is CC(C)CCCC(C)[C@H]1CC[C@H]2[C@@H]3CC=C4C[C@@H](OC(=O)CC(=O)N(CCCN)CCCCNCCCN)CC[C@]4(C)[C@H]3CC[C@]12C. The molecule has 3 fully saturated rings. The fourth-order valence-corrected chi connectivity index (χ4v) is 10.8. The number of unbranched alkanes of at least 4 members (excludes halogenated alkanes) is 1. The van der Waals surface area contributed by atoms with Gasteiger partial charge in [0, 0.05) is 19.5 Å². The van der Waals surface area contributed by atoms with Crippen molar-refractivity contribution in [2.24, 2.45) is 57.8 Å². The van der Waals surface area contributed by atoms with Gasteiger partial charge in [-0.15, -0.1) is 0 Å². The molecule has 0 aromatic heterocycles. The molecular weight excluding hydrogens is 584 g/mol. The average molecular weight is 657 g/mol. The van der Waals surface area contributed by atoms with Gasteiger partial charge in [-0.2, -0.15) is 0 Å². The second-order valence-electron chi connectivity index (χ2n) is 16.9. The van der Waals surface area contributed by atoms with Crippen molar-refractivity contribution in [1.29, 1.82) is 0 Å². The van der Waals surface area contributed by atoms with Crippen LogP contribution in [-0.2, 0) is 14.3 Å². The molecular formula is C40H72N4O3. The van der Waals surface area contributed by atoms with Crippen molar-refractivity contribution in [2.45, 2.75) is 143 Å². The molecule has 270 valence electrons. The summed E-state index contributed by atoms with van der Waals surface area (Å²) in [6.07, 6.45) is 19.6. The summed E-state index contributed by atoms with van der Waals surface area (Å²) < 4.78 is 6.03. The smallest absolute Gasteiger partial charge is 0.315 e. The molecule has 1 unspecified atom stereocenters. The monoisotopic (exact) mass is 657 g/mol. The zero-order valence-corrected chi connectivity index (χ0v) is 31.0. The lowest BCUT2D eigenvalue weighted by molar-refractivity contribution is -0.155. The van der Waals surface area contributed by atoms with E-state index in [4.69, 9.17) is 16.2 Å². The van der Waals surface area contributed by atoms with Gasteiger partial charge in [0.15, 0.2) is 0 Å². The molecule has 1 amide bonds. The summed E-state index contributed by atoms with van der Waals surface area (Å²) in [7, 11) is 0.